The fraction of sp³-hybridized carbons (Fsp3) is 0.250. The Balaban J connectivity index is 1.73. The van der Waals surface area contributed by atoms with Crippen LogP contribution in [-0.2, 0) is 11.2 Å². The van der Waals surface area contributed by atoms with Crippen molar-refractivity contribution in [3.8, 4) is 0 Å². The highest BCUT2D eigenvalue weighted by atomic mass is 16.1. The Morgan fingerprint density at radius 2 is 1.93 bits per heavy atom. The van der Waals surface area contributed by atoms with Gasteiger partial charge in [0.2, 0.25) is 0 Å². The molecule has 0 amide bonds. The van der Waals surface area contributed by atoms with Crippen LogP contribution in [0.1, 0.15) is 48.9 Å². The number of benzene rings is 2. The van der Waals surface area contributed by atoms with Crippen LogP contribution in [0.3, 0.4) is 0 Å². The molecule has 3 nitrogen and oxygen atoms in total. The van der Waals surface area contributed by atoms with E-state index in [2.05, 4.69) is 59.7 Å². The average Bonchev–Trinajstić information content (AvgIpc) is 2.73. The predicted molar refractivity (Wildman–Crippen MR) is 110 cm³/mol. The first-order valence-electron chi connectivity index (χ1n) is 9.76. The lowest BCUT2D eigenvalue weighted by molar-refractivity contribution is -0.116. The van der Waals surface area contributed by atoms with Gasteiger partial charge in [0.1, 0.15) is 0 Å². The number of carbonyl (C=O) groups excluding carboxylic acids is 1. The number of nitrogens with one attached hydrogen (secondary N) is 1. The third-order valence-corrected chi connectivity index (χ3v) is 5.85. The number of allylic oxidation sites excluding steroid dienone is 1. The lowest BCUT2D eigenvalue weighted by atomic mass is 9.77. The molecule has 1 aliphatic carbocycles. The number of anilines is 1. The number of pyridine rings is 1. The third kappa shape index (κ3) is 2.57. The highest BCUT2D eigenvalue weighted by molar-refractivity contribution is 6.12. The summed E-state index contributed by atoms with van der Waals surface area (Å²) >= 11 is 0. The minimum absolute atomic E-state index is 0.0691. The van der Waals surface area contributed by atoms with Gasteiger partial charge in [0.05, 0.1) is 11.6 Å². The van der Waals surface area contributed by atoms with Gasteiger partial charge in [0.25, 0.3) is 0 Å². The van der Waals surface area contributed by atoms with Crippen molar-refractivity contribution in [1.29, 1.82) is 0 Å². The van der Waals surface area contributed by atoms with E-state index in [-0.39, 0.29) is 11.8 Å². The Hall–Kier alpha value is -2.94. The van der Waals surface area contributed by atoms with E-state index in [0.717, 1.165) is 47.0 Å². The normalized spacial score (nSPS) is 18.9. The zero-order valence-electron chi connectivity index (χ0n) is 15.5. The highest BCUT2D eigenvalue weighted by Crippen LogP contribution is 2.47. The number of hydrogen-bond acceptors (Lipinski definition) is 3. The van der Waals surface area contributed by atoms with Gasteiger partial charge in [0.15, 0.2) is 5.78 Å². The predicted octanol–water partition coefficient (Wildman–Crippen LogP) is 5.47. The van der Waals surface area contributed by atoms with Crippen LogP contribution in [0.15, 0.2) is 60.3 Å². The van der Waals surface area contributed by atoms with E-state index in [1.165, 1.54) is 16.7 Å². The molecule has 2 aromatic carbocycles. The second-order valence-electron chi connectivity index (χ2n) is 7.40. The van der Waals surface area contributed by atoms with Crippen molar-refractivity contribution in [2.45, 2.75) is 38.6 Å². The molecule has 5 rings (SSSR count). The van der Waals surface area contributed by atoms with Gasteiger partial charge in [-0.25, -0.2) is 0 Å². The van der Waals surface area contributed by atoms with E-state index < -0.39 is 0 Å². The molecule has 27 heavy (non-hydrogen) atoms. The molecule has 1 aliphatic heterocycles. The monoisotopic (exact) mass is 354 g/mol. The van der Waals surface area contributed by atoms with Crippen LogP contribution >= 0.6 is 0 Å². The average molecular weight is 354 g/mol. The first-order valence-corrected chi connectivity index (χ1v) is 9.76. The molecule has 0 saturated heterocycles. The quantitative estimate of drug-likeness (QED) is 0.663. The van der Waals surface area contributed by atoms with Crippen LogP contribution in [0.4, 0.5) is 5.69 Å². The molecule has 0 unspecified atom stereocenters. The van der Waals surface area contributed by atoms with E-state index in [0.29, 0.717) is 6.42 Å². The topological polar surface area (TPSA) is 42.0 Å². The molecule has 0 bridgehead atoms. The van der Waals surface area contributed by atoms with E-state index in [4.69, 9.17) is 0 Å². The number of hydrogen-bond donors (Lipinski definition) is 1. The van der Waals surface area contributed by atoms with Gasteiger partial charge in [0, 0.05) is 34.8 Å². The Morgan fingerprint density at radius 1 is 1.07 bits per heavy atom. The Kier molecular flexibility index (Phi) is 3.82. The van der Waals surface area contributed by atoms with Gasteiger partial charge in [-0.05, 0) is 54.2 Å². The number of rotatable bonds is 2. The van der Waals surface area contributed by atoms with Crippen molar-refractivity contribution in [3.05, 3.63) is 77.0 Å². The van der Waals surface area contributed by atoms with Crippen molar-refractivity contribution < 1.29 is 4.79 Å². The standard InChI is InChI=1S/C24H22N2O/c1-2-15-8-10-16(11-9-15)24-23-18(5-3-7-21(23)27)22-17-6-4-14-25-19(17)12-13-20(22)26-24/h4,6,8-14,24,26H,2-3,5,7H2,1H3/t24-/m0/s1. The van der Waals surface area contributed by atoms with Crippen molar-refractivity contribution in [3.63, 3.8) is 0 Å². The number of Topliss-reactive ketones (excluding diaryl/α,β-unsaturated/α-hetero) is 1. The van der Waals surface area contributed by atoms with E-state index in [9.17, 15) is 4.79 Å². The molecule has 0 fully saturated rings. The summed E-state index contributed by atoms with van der Waals surface area (Å²) in [6, 6.07) is 16.9. The van der Waals surface area contributed by atoms with Crippen molar-refractivity contribution >= 4 is 27.9 Å². The van der Waals surface area contributed by atoms with E-state index in [1.54, 1.807) is 0 Å². The molecule has 2 aliphatic rings. The SMILES string of the molecule is CCc1ccc([C@@H]2Nc3ccc4ncccc4c3C3=C2C(=O)CCC3)cc1. The number of aryl methyl sites for hydroxylation is 1. The zero-order valence-corrected chi connectivity index (χ0v) is 15.5. The van der Waals surface area contributed by atoms with Gasteiger partial charge >= 0.3 is 0 Å². The Labute approximate surface area is 159 Å². The molecule has 134 valence electrons. The third-order valence-electron chi connectivity index (χ3n) is 5.85. The van der Waals surface area contributed by atoms with Crippen LogP contribution in [0.25, 0.3) is 16.5 Å². The maximum Gasteiger partial charge on any atom is 0.161 e. The smallest absolute Gasteiger partial charge is 0.161 e. The summed E-state index contributed by atoms with van der Waals surface area (Å²) in [6.07, 6.45) is 5.36. The molecule has 3 aromatic rings. The van der Waals surface area contributed by atoms with Crippen molar-refractivity contribution in [2.75, 3.05) is 5.32 Å². The fourth-order valence-electron chi connectivity index (χ4n) is 4.48. The van der Waals surface area contributed by atoms with E-state index >= 15 is 0 Å². The van der Waals surface area contributed by atoms with Crippen LogP contribution in [0.2, 0.25) is 0 Å². The number of nitrogens with zero attached hydrogens (tertiary/aromatic N) is 1. The molecule has 2 heterocycles. The molecule has 0 radical (unpaired) electrons. The van der Waals surface area contributed by atoms with Gasteiger partial charge in [-0.1, -0.05) is 37.3 Å². The van der Waals surface area contributed by atoms with Crippen LogP contribution < -0.4 is 5.32 Å². The second kappa shape index (κ2) is 6.34. The summed E-state index contributed by atoms with van der Waals surface area (Å²) in [5.74, 6) is 0.278. The summed E-state index contributed by atoms with van der Waals surface area (Å²) in [4.78, 5) is 17.5. The van der Waals surface area contributed by atoms with Gasteiger partial charge in [-0.2, -0.15) is 0 Å². The summed E-state index contributed by atoms with van der Waals surface area (Å²) in [5, 5.41) is 4.80. The largest absolute Gasteiger partial charge is 0.373 e. The first kappa shape index (κ1) is 16.2. The van der Waals surface area contributed by atoms with E-state index in [1.807, 2.05) is 12.3 Å². The molecule has 3 heteroatoms. The number of aromatic nitrogens is 1. The summed E-state index contributed by atoms with van der Waals surface area (Å²) < 4.78 is 0. The lowest BCUT2D eigenvalue weighted by Crippen LogP contribution is -2.27. The van der Waals surface area contributed by atoms with Gasteiger partial charge < -0.3 is 5.32 Å². The number of ketones is 1. The second-order valence-corrected chi connectivity index (χ2v) is 7.40. The Bertz CT molecular complexity index is 1080. The van der Waals surface area contributed by atoms with Crippen molar-refractivity contribution in [2.24, 2.45) is 0 Å². The molecule has 1 atom stereocenters. The lowest BCUT2D eigenvalue weighted by Gasteiger charge is -2.35. The molecule has 0 saturated carbocycles. The molecular weight excluding hydrogens is 332 g/mol. The summed E-state index contributed by atoms with van der Waals surface area (Å²) in [6.45, 7) is 2.16. The maximum absolute atomic E-state index is 13.0. The minimum atomic E-state index is -0.0691. The van der Waals surface area contributed by atoms with Crippen molar-refractivity contribution in [1.82, 2.24) is 4.98 Å². The first-order chi connectivity index (χ1) is 13.3. The van der Waals surface area contributed by atoms with Crippen LogP contribution in [-0.4, -0.2) is 10.8 Å². The minimum Gasteiger partial charge on any atom is -0.373 e. The molecule has 0 spiro atoms. The number of carbonyl (C=O) groups is 1. The zero-order chi connectivity index (χ0) is 18.4. The maximum atomic E-state index is 13.0. The molecule has 1 aromatic heterocycles. The molecular formula is C24H22N2O. The molecule has 1 N–H and O–H groups in total. The van der Waals surface area contributed by atoms with Crippen LogP contribution in [0.5, 0.6) is 0 Å². The summed E-state index contributed by atoms with van der Waals surface area (Å²) in [7, 11) is 0. The summed E-state index contributed by atoms with van der Waals surface area (Å²) in [5.41, 5.74) is 7.90. The highest BCUT2D eigenvalue weighted by Gasteiger charge is 2.34. The Morgan fingerprint density at radius 3 is 2.74 bits per heavy atom. The van der Waals surface area contributed by atoms with Gasteiger partial charge in [-0.3, -0.25) is 9.78 Å². The number of fused-ring (bicyclic) bond motifs is 4. The fourth-order valence-corrected chi connectivity index (χ4v) is 4.48. The van der Waals surface area contributed by atoms with Crippen LogP contribution in [0, 0.1) is 0 Å². The van der Waals surface area contributed by atoms with Gasteiger partial charge in [-0.15, -0.1) is 0 Å².